The summed E-state index contributed by atoms with van der Waals surface area (Å²) in [4.78, 5) is 24.5. The summed E-state index contributed by atoms with van der Waals surface area (Å²) in [5.41, 5.74) is 3.83. The summed E-state index contributed by atoms with van der Waals surface area (Å²) in [6.07, 6.45) is 4.04. The molecule has 0 aliphatic heterocycles. The van der Waals surface area contributed by atoms with E-state index in [1.165, 1.54) is 0 Å². The van der Waals surface area contributed by atoms with Gasteiger partial charge in [-0.15, -0.1) is 0 Å². The molecule has 1 atom stereocenters. The maximum absolute atomic E-state index is 12.2. The molecule has 0 fully saturated rings. The van der Waals surface area contributed by atoms with Crippen LogP contribution < -0.4 is 15.4 Å². The molecule has 148 valence electrons. The fourth-order valence-electron chi connectivity index (χ4n) is 3.40. The molecule has 0 saturated heterocycles. The molecule has 1 aromatic heterocycles. The van der Waals surface area contributed by atoms with Crippen molar-refractivity contribution in [2.75, 3.05) is 5.32 Å². The van der Waals surface area contributed by atoms with Gasteiger partial charge in [-0.05, 0) is 73.7 Å². The molecule has 1 aliphatic carbocycles. The lowest BCUT2D eigenvalue weighted by atomic mass is 9.93. The second-order valence-electron chi connectivity index (χ2n) is 7.18. The Balaban J connectivity index is 1.30. The van der Waals surface area contributed by atoms with Gasteiger partial charge in [-0.3, -0.25) is 14.7 Å². The molecule has 4 rings (SSSR count). The third-order valence-corrected chi connectivity index (χ3v) is 4.90. The molecular formula is C22H22N4O3. The van der Waals surface area contributed by atoms with Gasteiger partial charge in [-0.25, -0.2) is 0 Å². The average molecular weight is 390 g/mol. The summed E-state index contributed by atoms with van der Waals surface area (Å²) in [6.45, 7) is 2.00. The van der Waals surface area contributed by atoms with Crippen molar-refractivity contribution < 1.29 is 14.3 Å². The third kappa shape index (κ3) is 4.63. The molecule has 3 aromatic rings. The maximum Gasteiger partial charge on any atom is 0.313 e. The molecular weight excluding hydrogens is 368 g/mol. The molecule has 0 radical (unpaired) electrons. The van der Waals surface area contributed by atoms with E-state index >= 15 is 0 Å². The topological polar surface area (TPSA) is 96.1 Å². The summed E-state index contributed by atoms with van der Waals surface area (Å²) in [7, 11) is 0. The highest BCUT2D eigenvalue weighted by molar-refractivity contribution is 6.39. The van der Waals surface area contributed by atoms with Gasteiger partial charge in [0.1, 0.15) is 11.5 Å². The minimum atomic E-state index is -0.685. The molecule has 1 aliphatic rings. The zero-order chi connectivity index (χ0) is 20.2. The lowest BCUT2D eigenvalue weighted by molar-refractivity contribution is -0.136. The van der Waals surface area contributed by atoms with Crippen molar-refractivity contribution in [1.82, 2.24) is 15.5 Å². The van der Waals surface area contributed by atoms with E-state index in [9.17, 15) is 9.59 Å². The number of hydrogen-bond acceptors (Lipinski definition) is 4. The first-order valence-corrected chi connectivity index (χ1v) is 9.54. The maximum atomic E-state index is 12.2. The Morgan fingerprint density at radius 2 is 1.93 bits per heavy atom. The number of aryl methyl sites for hydroxylation is 2. The van der Waals surface area contributed by atoms with Gasteiger partial charge in [0, 0.05) is 17.4 Å². The normalized spacial score (nSPS) is 15.3. The number of hydrogen-bond donors (Lipinski definition) is 3. The van der Waals surface area contributed by atoms with Gasteiger partial charge in [0.2, 0.25) is 0 Å². The monoisotopic (exact) mass is 390 g/mol. The highest BCUT2D eigenvalue weighted by atomic mass is 16.5. The van der Waals surface area contributed by atoms with E-state index in [-0.39, 0.29) is 6.04 Å². The second kappa shape index (κ2) is 8.18. The van der Waals surface area contributed by atoms with Crippen LogP contribution in [0.2, 0.25) is 0 Å². The van der Waals surface area contributed by atoms with Crippen LogP contribution in [0.4, 0.5) is 5.69 Å². The van der Waals surface area contributed by atoms with Gasteiger partial charge in [0.15, 0.2) is 0 Å². The van der Waals surface area contributed by atoms with E-state index in [2.05, 4.69) is 20.8 Å². The smallest absolute Gasteiger partial charge is 0.313 e. The average Bonchev–Trinajstić information content (AvgIpc) is 3.17. The van der Waals surface area contributed by atoms with Crippen LogP contribution in [0.1, 0.15) is 23.2 Å². The SMILES string of the molecule is Cc1cccc(Oc2ccc(NC(=O)C(=O)NC3CCc4[nH]ncc4C3)cc2)c1. The zero-order valence-corrected chi connectivity index (χ0v) is 16.1. The van der Waals surface area contributed by atoms with E-state index in [0.29, 0.717) is 17.9 Å². The number of ether oxygens (including phenoxy) is 1. The van der Waals surface area contributed by atoms with Crippen LogP contribution in [-0.4, -0.2) is 28.1 Å². The molecule has 0 saturated carbocycles. The van der Waals surface area contributed by atoms with E-state index in [1.54, 1.807) is 30.5 Å². The Labute approximate surface area is 168 Å². The number of fused-ring (bicyclic) bond motifs is 1. The van der Waals surface area contributed by atoms with E-state index in [1.807, 2.05) is 31.2 Å². The van der Waals surface area contributed by atoms with Crippen molar-refractivity contribution in [3.8, 4) is 11.5 Å². The first-order valence-electron chi connectivity index (χ1n) is 9.54. The highest BCUT2D eigenvalue weighted by Crippen LogP contribution is 2.24. The lowest BCUT2D eigenvalue weighted by Gasteiger charge is -2.22. The fourth-order valence-corrected chi connectivity index (χ4v) is 3.40. The third-order valence-electron chi connectivity index (χ3n) is 4.90. The number of rotatable bonds is 4. The largest absolute Gasteiger partial charge is 0.457 e. The number of carbonyl (C=O) groups is 2. The van der Waals surface area contributed by atoms with Crippen molar-refractivity contribution >= 4 is 17.5 Å². The van der Waals surface area contributed by atoms with Gasteiger partial charge >= 0.3 is 11.8 Å². The van der Waals surface area contributed by atoms with E-state index in [0.717, 1.165) is 35.4 Å². The van der Waals surface area contributed by atoms with Crippen LogP contribution in [0.3, 0.4) is 0 Å². The minimum absolute atomic E-state index is 0.0662. The first-order chi connectivity index (χ1) is 14.1. The predicted molar refractivity (Wildman–Crippen MR) is 109 cm³/mol. The number of nitrogens with one attached hydrogen (secondary N) is 3. The van der Waals surface area contributed by atoms with Crippen LogP contribution in [0.5, 0.6) is 11.5 Å². The summed E-state index contributed by atoms with van der Waals surface area (Å²) in [6, 6.07) is 14.6. The van der Waals surface area contributed by atoms with E-state index in [4.69, 9.17) is 4.74 Å². The molecule has 29 heavy (non-hydrogen) atoms. The van der Waals surface area contributed by atoms with Crippen LogP contribution >= 0.6 is 0 Å². The number of H-pyrrole nitrogens is 1. The number of aromatic amines is 1. The number of benzene rings is 2. The molecule has 2 amide bonds. The zero-order valence-electron chi connectivity index (χ0n) is 16.1. The lowest BCUT2D eigenvalue weighted by Crippen LogP contribution is -2.44. The molecule has 2 aromatic carbocycles. The number of nitrogens with zero attached hydrogens (tertiary/aromatic N) is 1. The van der Waals surface area contributed by atoms with Gasteiger partial charge < -0.3 is 15.4 Å². The van der Waals surface area contributed by atoms with Crippen molar-refractivity contribution in [2.24, 2.45) is 0 Å². The highest BCUT2D eigenvalue weighted by Gasteiger charge is 2.24. The number of amides is 2. The Hall–Kier alpha value is -3.61. The first kappa shape index (κ1) is 18.7. The molecule has 3 N–H and O–H groups in total. The number of anilines is 1. The van der Waals surface area contributed by atoms with Gasteiger partial charge in [-0.2, -0.15) is 5.10 Å². The van der Waals surface area contributed by atoms with Crippen LogP contribution in [0, 0.1) is 6.92 Å². The molecule has 7 heteroatoms. The Morgan fingerprint density at radius 3 is 2.72 bits per heavy atom. The molecule has 1 heterocycles. The van der Waals surface area contributed by atoms with Gasteiger partial charge in [0.25, 0.3) is 0 Å². The molecule has 0 bridgehead atoms. The van der Waals surface area contributed by atoms with Crippen molar-refractivity contribution in [1.29, 1.82) is 0 Å². The summed E-state index contributed by atoms with van der Waals surface area (Å²) in [5.74, 6) is 0.0722. The van der Waals surface area contributed by atoms with Crippen molar-refractivity contribution in [3.05, 3.63) is 71.5 Å². The van der Waals surface area contributed by atoms with Crippen molar-refractivity contribution in [2.45, 2.75) is 32.2 Å². The van der Waals surface area contributed by atoms with Crippen LogP contribution in [-0.2, 0) is 22.4 Å². The van der Waals surface area contributed by atoms with Crippen LogP contribution in [0.25, 0.3) is 0 Å². The van der Waals surface area contributed by atoms with E-state index < -0.39 is 11.8 Å². The Bertz CT molecular complexity index is 1030. The summed E-state index contributed by atoms with van der Waals surface area (Å²) < 4.78 is 5.79. The van der Waals surface area contributed by atoms with Crippen molar-refractivity contribution in [3.63, 3.8) is 0 Å². The summed E-state index contributed by atoms with van der Waals surface area (Å²) in [5, 5.41) is 12.4. The standard InChI is InChI=1S/C22H22N4O3/c1-14-3-2-4-19(11-14)29-18-8-5-16(6-9-18)24-21(27)22(28)25-17-7-10-20-15(12-17)13-23-26-20/h2-6,8-9,11,13,17H,7,10,12H2,1H3,(H,23,26)(H,24,27)(H,25,28). The molecule has 0 spiro atoms. The van der Waals surface area contributed by atoms with Gasteiger partial charge in [0.05, 0.1) is 6.20 Å². The minimum Gasteiger partial charge on any atom is -0.457 e. The number of aromatic nitrogens is 2. The molecule has 1 unspecified atom stereocenters. The Morgan fingerprint density at radius 1 is 1.10 bits per heavy atom. The predicted octanol–water partition coefficient (Wildman–Crippen LogP) is 3.12. The summed E-state index contributed by atoms with van der Waals surface area (Å²) >= 11 is 0. The van der Waals surface area contributed by atoms with Crippen LogP contribution in [0.15, 0.2) is 54.7 Å². The van der Waals surface area contributed by atoms with Gasteiger partial charge in [-0.1, -0.05) is 12.1 Å². The number of carbonyl (C=O) groups excluding carboxylic acids is 2. The quantitative estimate of drug-likeness (QED) is 0.597. The fraction of sp³-hybridized carbons (Fsp3) is 0.227. The molecule has 7 nitrogen and oxygen atoms in total. The Kier molecular flexibility index (Phi) is 5.29. The second-order valence-corrected chi connectivity index (χ2v) is 7.18.